The maximum Gasteiger partial charge on any atom is 0.284 e. The molecule has 3 atom stereocenters. The molecule has 0 spiro atoms. The van der Waals surface area contributed by atoms with Crippen LogP contribution in [0.2, 0.25) is 0 Å². The third-order valence-corrected chi connectivity index (χ3v) is 13.2. The highest BCUT2D eigenvalue weighted by Gasteiger charge is 2.69. The minimum atomic E-state index is -1.27. The Morgan fingerprint density at radius 1 is 1.38 bits per heavy atom. The SMILES string of the molecule is CCC1(CC)[S+]([O-])N(C)C(=O)C1([PH2]=S)[PH2]=S. The average molecular weight is 317 g/mol. The summed E-state index contributed by atoms with van der Waals surface area (Å²) in [5, 5.41) is 0. The van der Waals surface area contributed by atoms with Gasteiger partial charge in [-0.1, -0.05) is 13.8 Å². The Kier molecular flexibility index (Phi) is 5.09. The molecule has 3 unspecified atom stereocenters. The van der Waals surface area contributed by atoms with Gasteiger partial charge in [-0.25, -0.2) is 0 Å². The first kappa shape index (κ1) is 15.1. The molecule has 1 heterocycles. The molecule has 94 valence electrons. The summed E-state index contributed by atoms with van der Waals surface area (Å²) in [5.41, 5.74) is 0. The van der Waals surface area contributed by atoms with Gasteiger partial charge in [-0.15, -0.1) is 23.6 Å². The van der Waals surface area contributed by atoms with Gasteiger partial charge in [-0.2, -0.15) is 4.31 Å². The van der Waals surface area contributed by atoms with E-state index >= 15 is 0 Å². The van der Waals surface area contributed by atoms with Gasteiger partial charge >= 0.3 is 0 Å². The van der Waals surface area contributed by atoms with Crippen LogP contribution in [0, 0.1) is 0 Å². The van der Waals surface area contributed by atoms with Gasteiger partial charge < -0.3 is 4.55 Å². The zero-order valence-corrected chi connectivity index (χ0v) is 14.3. The van der Waals surface area contributed by atoms with Crippen LogP contribution in [0.1, 0.15) is 26.7 Å². The zero-order chi connectivity index (χ0) is 12.6. The van der Waals surface area contributed by atoms with E-state index in [2.05, 4.69) is 0 Å². The van der Waals surface area contributed by atoms with Crippen molar-refractivity contribution >= 4 is 55.6 Å². The molecule has 0 aromatic heterocycles. The summed E-state index contributed by atoms with van der Waals surface area (Å²) in [5.74, 6) is -0.0652. The van der Waals surface area contributed by atoms with Crippen LogP contribution in [-0.4, -0.2) is 31.5 Å². The molecule has 8 heteroatoms. The molecule has 0 bridgehead atoms. The predicted octanol–water partition coefficient (Wildman–Crippen LogP) is 1.12. The van der Waals surface area contributed by atoms with Crippen molar-refractivity contribution in [2.75, 3.05) is 7.05 Å². The van der Waals surface area contributed by atoms with Gasteiger partial charge in [0.1, 0.15) is 0 Å². The Balaban J connectivity index is 3.47. The molecule has 0 saturated carbocycles. The number of amides is 1. The molecular formula is C8H17NO2P2S3. The molecule has 0 aliphatic carbocycles. The minimum absolute atomic E-state index is 0.0652. The van der Waals surface area contributed by atoms with Crippen LogP contribution in [0.4, 0.5) is 0 Å². The molecular weight excluding hydrogens is 300 g/mol. The summed E-state index contributed by atoms with van der Waals surface area (Å²) < 4.78 is 13.3. The van der Waals surface area contributed by atoms with Crippen LogP contribution >= 0.6 is 14.7 Å². The number of carbonyl (C=O) groups excluding carboxylic acids is 1. The van der Waals surface area contributed by atoms with Gasteiger partial charge in [-0.3, -0.25) is 4.79 Å². The molecule has 0 N–H and O–H groups in total. The van der Waals surface area contributed by atoms with Crippen molar-refractivity contribution in [2.24, 2.45) is 0 Å². The molecule has 16 heavy (non-hydrogen) atoms. The average Bonchev–Trinajstić information content (AvgIpc) is 2.48. The third-order valence-electron chi connectivity index (χ3n) is 3.49. The molecule has 0 radical (unpaired) electrons. The van der Waals surface area contributed by atoms with Crippen molar-refractivity contribution in [3.63, 3.8) is 0 Å². The van der Waals surface area contributed by atoms with Crippen molar-refractivity contribution in [1.29, 1.82) is 0 Å². The second-order valence-electron chi connectivity index (χ2n) is 3.86. The standard InChI is InChI=1S/C8H17NO2P2S3/c1-4-7(5-2)8(12-14,13-15)6(10)9(3)16(7)11/h4-5,12-13H2,1-3H3. The lowest BCUT2D eigenvalue weighted by Crippen LogP contribution is -2.48. The number of nitrogens with zero attached hydrogens (tertiary/aromatic N) is 1. The van der Waals surface area contributed by atoms with E-state index in [0.29, 0.717) is 12.8 Å². The Bertz CT molecular complexity index is 327. The highest BCUT2D eigenvalue weighted by Crippen LogP contribution is 2.58. The molecule has 1 fully saturated rings. The highest BCUT2D eigenvalue weighted by molar-refractivity contribution is 8.08. The lowest BCUT2D eigenvalue weighted by Gasteiger charge is -2.35. The van der Waals surface area contributed by atoms with E-state index in [4.69, 9.17) is 23.6 Å². The van der Waals surface area contributed by atoms with Crippen LogP contribution in [0.15, 0.2) is 0 Å². The normalized spacial score (nSPS) is 34.9. The lowest BCUT2D eigenvalue weighted by atomic mass is 9.96. The fourth-order valence-corrected chi connectivity index (χ4v) is 11.7. The first-order valence-corrected chi connectivity index (χ1v) is 11.1. The number of carbonyl (C=O) groups is 1. The van der Waals surface area contributed by atoms with Gasteiger partial charge in [-0.05, 0) is 27.6 Å². The van der Waals surface area contributed by atoms with Crippen LogP contribution in [0.3, 0.4) is 0 Å². The molecule has 0 aromatic carbocycles. The quantitative estimate of drug-likeness (QED) is 0.576. The molecule has 1 aliphatic rings. The van der Waals surface area contributed by atoms with Crippen LogP contribution in [0.25, 0.3) is 0 Å². The van der Waals surface area contributed by atoms with Crippen LogP contribution in [-0.2, 0) is 39.8 Å². The Hall–Kier alpha value is 1.08. The minimum Gasteiger partial charge on any atom is -0.592 e. The second-order valence-corrected chi connectivity index (χ2v) is 10.1. The van der Waals surface area contributed by atoms with Crippen LogP contribution < -0.4 is 0 Å². The second kappa shape index (κ2) is 5.38. The van der Waals surface area contributed by atoms with E-state index in [1.165, 1.54) is 4.31 Å². The van der Waals surface area contributed by atoms with E-state index in [9.17, 15) is 9.35 Å². The Labute approximate surface area is 112 Å². The molecule has 3 nitrogen and oxygen atoms in total. The largest absolute Gasteiger partial charge is 0.592 e. The van der Waals surface area contributed by atoms with E-state index in [0.717, 1.165) is 0 Å². The summed E-state index contributed by atoms with van der Waals surface area (Å²) in [7, 11) is 0.616. The number of hydrogen-bond donors (Lipinski definition) is 0. The first-order chi connectivity index (χ1) is 7.47. The van der Waals surface area contributed by atoms with Crippen LogP contribution in [0.5, 0.6) is 0 Å². The van der Waals surface area contributed by atoms with Crippen molar-refractivity contribution in [3.05, 3.63) is 0 Å². The summed E-state index contributed by atoms with van der Waals surface area (Å²) in [6.45, 7) is 3.97. The van der Waals surface area contributed by atoms with E-state index in [1.807, 2.05) is 13.8 Å². The summed E-state index contributed by atoms with van der Waals surface area (Å²) in [4.78, 5) is 11.7. The van der Waals surface area contributed by atoms with Gasteiger partial charge in [0.05, 0.1) is 18.4 Å². The van der Waals surface area contributed by atoms with Crippen molar-refractivity contribution in [3.8, 4) is 0 Å². The Morgan fingerprint density at radius 3 is 2.06 bits per heavy atom. The molecule has 1 rings (SSSR count). The van der Waals surface area contributed by atoms with Gasteiger partial charge in [0.25, 0.3) is 5.91 Å². The summed E-state index contributed by atoms with van der Waals surface area (Å²) in [6.07, 6.45) is 1.42. The van der Waals surface area contributed by atoms with Gasteiger partial charge in [0, 0.05) is 0 Å². The summed E-state index contributed by atoms with van der Waals surface area (Å²) in [6, 6.07) is 0. The van der Waals surface area contributed by atoms with E-state index < -0.39 is 35.7 Å². The predicted molar refractivity (Wildman–Crippen MR) is 81.1 cm³/mol. The maximum atomic E-state index is 12.4. The zero-order valence-electron chi connectivity index (χ0n) is 9.56. The van der Waals surface area contributed by atoms with E-state index in [-0.39, 0.29) is 5.91 Å². The van der Waals surface area contributed by atoms with Gasteiger partial charge in [0.2, 0.25) is 0 Å². The lowest BCUT2D eigenvalue weighted by molar-refractivity contribution is -0.125. The highest BCUT2D eigenvalue weighted by atomic mass is 32.4. The smallest absolute Gasteiger partial charge is 0.284 e. The maximum absolute atomic E-state index is 12.4. The fraction of sp³-hybridized carbons (Fsp3) is 0.875. The molecule has 0 aromatic rings. The fourth-order valence-electron chi connectivity index (χ4n) is 2.36. The van der Waals surface area contributed by atoms with Crippen molar-refractivity contribution in [2.45, 2.75) is 36.3 Å². The summed E-state index contributed by atoms with van der Waals surface area (Å²) >= 11 is 9.22. The van der Waals surface area contributed by atoms with Gasteiger partial charge in [0.15, 0.2) is 9.64 Å². The van der Waals surface area contributed by atoms with Crippen molar-refractivity contribution in [1.82, 2.24) is 4.31 Å². The topological polar surface area (TPSA) is 43.4 Å². The monoisotopic (exact) mass is 317 g/mol. The number of rotatable bonds is 4. The molecule has 1 aliphatic heterocycles. The molecule has 1 amide bonds. The van der Waals surface area contributed by atoms with Crippen molar-refractivity contribution < 1.29 is 9.35 Å². The first-order valence-electron chi connectivity index (χ1n) is 5.10. The van der Waals surface area contributed by atoms with E-state index in [1.54, 1.807) is 7.05 Å². The number of hydrogen-bond acceptors (Lipinski definition) is 4. The third kappa shape index (κ3) is 1.69. The Morgan fingerprint density at radius 2 is 1.81 bits per heavy atom. The molecule has 1 saturated heterocycles.